The second-order valence-corrected chi connectivity index (χ2v) is 3.78. The van der Waals surface area contributed by atoms with E-state index in [0.29, 0.717) is 18.0 Å². The number of alkyl halides is 2. The van der Waals surface area contributed by atoms with Crippen LogP contribution in [0.3, 0.4) is 0 Å². The van der Waals surface area contributed by atoms with E-state index >= 15 is 0 Å². The van der Waals surface area contributed by atoms with Crippen molar-refractivity contribution in [1.82, 2.24) is 9.78 Å². The first-order valence-corrected chi connectivity index (χ1v) is 4.65. The van der Waals surface area contributed by atoms with Gasteiger partial charge in [0.1, 0.15) is 5.69 Å². The molecule has 0 amide bonds. The van der Waals surface area contributed by atoms with Crippen molar-refractivity contribution in [3.63, 3.8) is 0 Å². The minimum Gasteiger partial charge on any atom is -0.330 e. The van der Waals surface area contributed by atoms with Gasteiger partial charge in [-0.25, -0.2) is 8.78 Å². The highest BCUT2D eigenvalue weighted by molar-refractivity contribution is 5.29. The number of hydrogen-bond donors (Lipinski definition) is 1. The minimum atomic E-state index is -2.48. The summed E-state index contributed by atoms with van der Waals surface area (Å²) >= 11 is 0. The average Bonchev–Trinajstić information content (AvgIpc) is 2.81. The lowest BCUT2D eigenvalue weighted by Crippen LogP contribution is -2.02. The SMILES string of the molecule is Cn1cc([C@@H]2C[C@H]2CN)c(C(F)F)n1. The van der Waals surface area contributed by atoms with Crippen LogP contribution in [0.5, 0.6) is 0 Å². The topological polar surface area (TPSA) is 43.8 Å². The first kappa shape index (κ1) is 9.58. The van der Waals surface area contributed by atoms with Crippen molar-refractivity contribution < 1.29 is 8.78 Å². The molecule has 78 valence electrons. The van der Waals surface area contributed by atoms with E-state index in [-0.39, 0.29) is 11.6 Å². The van der Waals surface area contributed by atoms with E-state index in [0.717, 1.165) is 6.42 Å². The van der Waals surface area contributed by atoms with Crippen LogP contribution in [0, 0.1) is 5.92 Å². The maximum atomic E-state index is 12.6. The summed E-state index contributed by atoms with van der Waals surface area (Å²) in [5, 5.41) is 3.77. The van der Waals surface area contributed by atoms with Crippen LogP contribution < -0.4 is 5.73 Å². The number of hydrogen-bond acceptors (Lipinski definition) is 2. The molecule has 2 atom stereocenters. The molecule has 3 nitrogen and oxygen atoms in total. The van der Waals surface area contributed by atoms with Gasteiger partial charge in [0.2, 0.25) is 0 Å². The van der Waals surface area contributed by atoms with Gasteiger partial charge in [0.05, 0.1) is 0 Å². The molecule has 0 bridgehead atoms. The third-order valence-corrected chi connectivity index (χ3v) is 2.72. The van der Waals surface area contributed by atoms with Gasteiger partial charge in [0, 0.05) is 18.8 Å². The molecule has 0 radical (unpaired) electrons. The molecule has 5 heteroatoms. The lowest BCUT2D eigenvalue weighted by molar-refractivity contribution is 0.144. The third kappa shape index (κ3) is 1.52. The van der Waals surface area contributed by atoms with E-state index in [1.165, 1.54) is 4.68 Å². The summed E-state index contributed by atoms with van der Waals surface area (Å²) in [6.45, 7) is 0.572. The second kappa shape index (κ2) is 3.31. The largest absolute Gasteiger partial charge is 0.330 e. The Morgan fingerprint density at radius 1 is 1.71 bits per heavy atom. The summed E-state index contributed by atoms with van der Waals surface area (Å²) in [5.41, 5.74) is 6.08. The highest BCUT2D eigenvalue weighted by Crippen LogP contribution is 2.48. The summed E-state index contributed by atoms with van der Waals surface area (Å²) in [6, 6.07) is 0. The van der Waals surface area contributed by atoms with Gasteiger partial charge in [-0.15, -0.1) is 0 Å². The summed E-state index contributed by atoms with van der Waals surface area (Å²) in [6.07, 6.45) is 0.120. The Kier molecular flexibility index (Phi) is 2.26. The number of aromatic nitrogens is 2. The lowest BCUT2D eigenvalue weighted by Gasteiger charge is -1.98. The fourth-order valence-electron chi connectivity index (χ4n) is 1.87. The van der Waals surface area contributed by atoms with Crippen LogP contribution in [-0.2, 0) is 7.05 Å². The first-order chi connectivity index (χ1) is 6.63. The Bertz CT molecular complexity index is 335. The van der Waals surface area contributed by atoms with Crippen LogP contribution in [-0.4, -0.2) is 16.3 Å². The van der Waals surface area contributed by atoms with Gasteiger partial charge in [0.15, 0.2) is 0 Å². The van der Waals surface area contributed by atoms with Crippen LogP contribution in [0.25, 0.3) is 0 Å². The molecule has 1 aromatic rings. The van der Waals surface area contributed by atoms with Crippen molar-refractivity contribution in [1.29, 1.82) is 0 Å². The molecule has 0 spiro atoms. The number of aryl methyl sites for hydroxylation is 1. The van der Waals surface area contributed by atoms with Crippen LogP contribution in [0.15, 0.2) is 6.20 Å². The molecular formula is C9H13F2N3. The summed E-state index contributed by atoms with van der Waals surface area (Å²) in [7, 11) is 1.66. The molecule has 1 aliphatic rings. The van der Waals surface area contributed by atoms with Crippen molar-refractivity contribution >= 4 is 0 Å². The van der Waals surface area contributed by atoms with Gasteiger partial charge in [-0.3, -0.25) is 4.68 Å². The summed E-state index contributed by atoms with van der Waals surface area (Å²) < 4.78 is 26.6. The fraction of sp³-hybridized carbons (Fsp3) is 0.667. The maximum Gasteiger partial charge on any atom is 0.282 e. The average molecular weight is 201 g/mol. The van der Waals surface area contributed by atoms with Crippen LogP contribution in [0.4, 0.5) is 8.78 Å². The molecule has 1 saturated carbocycles. The van der Waals surface area contributed by atoms with Crippen molar-refractivity contribution in [3.8, 4) is 0 Å². The predicted octanol–water partition coefficient (Wildman–Crippen LogP) is 1.42. The van der Waals surface area contributed by atoms with E-state index < -0.39 is 6.43 Å². The molecule has 2 N–H and O–H groups in total. The maximum absolute atomic E-state index is 12.6. The molecular weight excluding hydrogens is 188 g/mol. The highest BCUT2D eigenvalue weighted by atomic mass is 19.3. The quantitative estimate of drug-likeness (QED) is 0.803. The van der Waals surface area contributed by atoms with Gasteiger partial charge >= 0.3 is 0 Å². The molecule has 1 aliphatic carbocycles. The van der Waals surface area contributed by atoms with Crippen molar-refractivity contribution in [2.45, 2.75) is 18.8 Å². The molecule has 0 unspecified atom stereocenters. The Labute approximate surface area is 80.9 Å². The van der Waals surface area contributed by atoms with Gasteiger partial charge in [-0.1, -0.05) is 0 Å². The third-order valence-electron chi connectivity index (χ3n) is 2.72. The number of halogens is 2. The fourth-order valence-corrected chi connectivity index (χ4v) is 1.87. The van der Waals surface area contributed by atoms with E-state index in [9.17, 15) is 8.78 Å². The standard InChI is InChI=1S/C9H13F2N3/c1-14-4-7(6-2-5(6)3-12)8(13-14)9(10)11/h4-6,9H,2-3,12H2,1H3/t5-,6+/m0/s1. The number of nitrogens with zero attached hydrogens (tertiary/aromatic N) is 2. The Morgan fingerprint density at radius 2 is 2.43 bits per heavy atom. The Morgan fingerprint density at radius 3 is 2.93 bits per heavy atom. The Balaban J connectivity index is 2.24. The molecule has 1 aromatic heterocycles. The van der Waals surface area contributed by atoms with Crippen molar-refractivity contribution in [2.24, 2.45) is 18.7 Å². The zero-order valence-corrected chi connectivity index (χ0v) is 7.95. The monoisotopic (exact) mass is 201 g/mol. The van der Waals surface area contributed by atoms with Crippen molar-refractivity contribution in [3.05, 3.63) is 17.5 Å². The van der Waals surface area contributed by atoms with Gasteiger partial charge < -0.3 is 5.73 Å². The molecule has 0 saturated heterocycles. The normalized spacial score (nSPS) is 25.8. The van der Waals surface area contributed by atoms with Crippen molar-refractivity contribution in [2.75, 3.05) is 6.54 Å². The van der Waals surface area contributed by atoms with E-state index in [1.807, 2.05) is 0 Å². The second-order valence-electron chi connectivity index (χ2n) is 3.78. The van der Waals surface area contributed by atoms with Crippen LogP contribution in [0.2, 0.25) is 0 Å². The smallest absolute Gasteiger partial charge is 0.282 e. The predicted molar refractivity (Wildman–Crippen MR) is 48.1 cm³/mol. The highest BCUT2D eigenvalue weighted by Gasteiger charge is 2.40. The van der Waals surface area contributed by atoms with Crippen LogP contribution >= 0.6 is 0 Å². The van der Waals surface area contributed by atoms with Crippen LogP contribution in [0.1, 0.15) is 30.0 Å². The minimum absolute atomic E-state index is 0.0755. The molecule has 0 aliphatic heterocycles. The molecule has 2 rings (SSSR count). The van der Waals surface area contributed by atoms with Gasteiger partial charge in [-0.2, -0.15) is 5.10 Å². The molecule has 1 heterocycles. The lowest BCUT2D eigenvalue weighted by atomic mass is 10.1. The number of nitrogens with two attached hydrogens (primary N) is 1. The zero-order chi connectivity index (χ0) is 10.3. The van der Waals surface area contributed by atoms with E-state index in [1.54, 1.807) is 13.2 Å². The summed E-state index contributed by atoms with van der Waals surface area (Å²) in [5.74, 6) is 0.578. The van der Waals surface area contributed by atoms with Gasteiger partial charge in [0.25, 0.3) is 6.43 Å². The van der Waals surface area contributed by atoms with E-state index in [4.69, 9.17) is 5.73 Å². The zero-order valence-electron chi connectivity index (χ0n) is 7.95. The summed E-state index contributed by atoms with van der Waals surface area (Å²) in [4.78, 5) is 0. The molecule has 1 fully saturated rings. The van der Waals surface area contributed by atoms with Gasteiger partial charge in [-0.05, 0) is 24.8 Å². The molecule has 0 aromatic carbocycles. The number of rotatable bonds is 3. The van der Waals surface area contributed by atoms with E-state index in [2.05, 4.69) is 5.10 Å². The Hall–Kier alpha value is -0.970. The first-order valence-electron chi connectivity index (χ1n) is 4.65. The molecule has 14 heavy (non-hydrogen) atoms.